The molecule has 3 aromatic heterocycles. The molecule has 1 aromatic carbocycles. The number of nitrogens with zero attached hydrogens (tertiary/aromatic N) is 2. The van der Waals surface area contributed by atoms with Crippen LogP contribution in [0.5, 0.6) is 11.5 Å². The summed E-state index contributed by atoms with van der Waals surface area (Å²) in [5, 5.41) is 3.46. The van der Waals surface area contributed by atoms with Gasteiger partial charge in [-0.1, -0.05) is 25.7 Å². The highest BCUT2D eigenvalue weighted by molar-refractivity contribution is 6.14. The van der Waals surface area contributed by atoms with Gasteiger partial charge in [-0.2, -0.15) is 0 Å². The van der Waals surface area contributed by atoms with Crippen LogP contribution >= 0.6 is 0 Å². The van der Waals surface area contributed by atoms with E-state index in [0.29, 0.717) is 16.9 Å². The van der Waals surface area contributed by atoms with E-state index in [2.05, 4.69) is 9.97 Å². The van der Waals surface area contributed by atoms with Gasteiger partial charge in [0, 0.05) is 34.6 Å². The van der Waals surface area contributed by atoms with Crippen molar-refractivity contribution in [3.8, 4) is 11.5 Å². The summed E-state index contributed by atoms with van der Waals surface area (Å²) in [6.07, 6.45) is 10.6. The van der Waals surface area contributed by atoms with Crippen molar-refractivity contribution >= 4 is 32.7 Å². The second-order valence-corrected chi connectivity index (χ2v) is 7.83. The molecule has 0 unspecified atom stereocenters. The lowest BCUT2D eigenvalue weighted by Gasteiger charge is -2.22. The maximum atomic E-state index is 13.8. The van der Waals surface area contributed by atoms with Gasteiger partial charge in [0.15, 0.2) is 11.5 Å². The van der Waals surface area contributed by atoms with Crippen molar-refractivity contribution in [2.75, 3.05) is 14.2 Å². The minimum Gasteiger partial charge on any atom is -0.493 e. The molecule has 0 aliphatic heterocycles. The molecule has 1 saturated carbocycles. The number of aromatic nitrogens is 3. The zero-order chi connectivity index (χ0) is 20.0. The van der Waals surface area contributed by atoms with Crippen LogP contribution in [0.25, 0.3) is 32.7 Å². The van der Waals surface area contributed by atoms with E-state index < -0.39 is 0 Å². The van der Waals surface area contributed by atoms with Gasteiger partial charge in [-0.15, -0.1) is 0 Å². The number of benzene rings is 1. The maximum absolute atomic E-state index is 13.8. The molecule has 0 spiro atoms. The molecule has 6 nitrogen and oxygen atoms in total. The lowest BCUT2D eigenvalue weighted by Crippen LogP contribution is -2.25. The highest BCUT2D eigenvalue weighted by atomic mass is 16.5. The van der Waals surface area contributed by atoms with Crippen molar-refractivity contribution in [3.63, 3.8) is 0 Å². The predicted octanol–water partition coefficient (Wildman–Crippen LogP) is 4.94. The molecule has 5 rings (SSSR count). The first-order chi connectivity index (χ1) is 14.2. The molecular weight excluding hydrogens is 366 g/mol. The Bertz CT molecular complexity index is 1260. The molecular formula is C23H25N3O3. The molecule has 0 saturated heterocycles. The molecule has 1 N–H and O–H groups in total. The summed E-state index contributed by atoms with van der Waals surface area (Å²) in [5.41, 5.74) is 1.81. The summed E-state index contributed by atoms with van der Waals surface area (Å²) in [4.78, 5) is 21.6. The van der Waals surface area contributed by atoms with Crippen LogP contribution in [-0.4, -0.2) is 28.8 Å². The fraction of sp³-hybridized carbons (Fsp3) is 0.391. The van der Waals surface area contributed by atoms with Crippen LogP contribution < -0.4 is 15.0 Å². The molecule has 6 heteroatoms. The Labute approximate surface area is 168 Å². The lowest BCUT2D eigenvalue weighted by atomic mass is 10.0. The zero-order valence-corrected chi connectivity index (χ0v) is 16.8. The Morgan fingerprint density at radius 3 is 2.34 bits per heavy atom. The third-order valence-corrected chi connectivity index (χ3v) is 6.25. The minimum absolute atomic E-state index is 0.0362. The molecule has 0 atom stereocenters. The van der Waals surface area contributed by atoms with Crippen molar-refractivity contribution in [2.24, 2.45) is 0 Å². The number of hydrogen-bond donors (Lipinski definition) is 1. The summed E-state index contributed by atoms with van der Waals surface area (Å²) in [6, 6.07) is 5.93. The number of fused-ring (bicyclic) bond motifs is 5. The number of hydrogen-bond acceptors (Lipinski definition) is 4. The van der Waals surface area contributed by atoms with Gasteiger partial charge >= 0.3 is 0 Å². The zero-order valence-electron chi connectivity index (χ0n) is 16.8. The van der Waals surface area contributed by atoms with Crippen LogP contribution in [0.3, 0.4) is 0 Å². The molecule has 29 heavy (non-hydrogen) atoms. The topological polar surface area (TPSA) is 69.1 Å². The van der Waals surface area contributed by atoms with Crippen LogP contribution in [0.15, 0.2) is 35.4 Å². The van der Waals surface area contributed by atoms with Crippen LogP contribution in [0, 0.1) is 0 Å². The Morgan fingerprint density at radius 2 is 1.66 bits per heavy atom. The molecule has 150 valence electrons. The Kier molecular flexibility index (Phi) is 4.42. The first kappa shape index (κ1) is 18.0. The van der Waals surface area contributed by atoms with Crippen molar-refractivity contribution in [1.29, 1.82) is 0 Å². The van der Waals surface area contributed by atoms with E-state index in [1.165, 1.54) is 12.8 Å². The maximum Gasteiger partial charge on any atom is 0.259 e. The van der Waals surface area contributed by atoms with Gasteiger partial charge in [0.1, 0.15) is 5.65 Å². The largest absolute Gasteiger partial charge is 0.493 e. The lowest BCUT2D eigenvalue weighted by molar-refractivity contribution is 0.356. The summed E-state index contributed by atoms with van der Waals surface area (Å²) in [5.74, 6) is 1.18. The second kappa shape index (κ2) is 7.10. The van der Waals surface area contributed by atoms with Crippen LogP contribution in [-0.2, 0) is 0 Å². The average Bonchev–Trinajstić information content (AvgIpc) is 3.08. The monoisotopic (exact) mass is 391 g/mol. The number of methoxy groups -OCH3 is 2. The fourth-order valence-corrected chi connectivity index (χ4v) is 4.82. The number of H-pyrrole nitrogens is 1. The highest BCUT2D eigenvalue weighted by Crippen LogP contribution is 2.38. The van der Waals surface area contributed by atoms with Crippen molar-refractivity contribution in [1.82, 2.24) is 14.5 Å². The van der Waals surface area contributed by atoms with Gasteiger partial charge in [0.25, 0.3) is 5.56 Å². The van der Waals surface area contributed by atoms with E-state index in [0.717, 1.165) is 53.0 Å². The number of pyridine rings is 2. The first-order valence-electron chi connectivity index (χ1n) is 10.3. The Morgan fingerprint density at radius 1 is 0.966 bits per heavy atom. The molecule has 1 aliphatic rings. The van der Waals surface area contributed by atoms with E-state index in [4.69, 9.17) is 9.47 Å². The Balaban J connectivity index is 1.95. The smallest absolute Gasteiger partial charge is 0.259 e. The number of ether oxygens (including phenoxy) is 2. The molecule has 1 fully saturated rings. The van der Waals surface area contributed by atoms with E-state index >= 15 is 0 Å². The third kappa shape index (κ3) is 2.77. The predicted molar refractivity (Wildman–Crippen MR) is 115 cm³/mol. The summed E-state index contributed by atoms with van der Waals surface area (Å²) in [6.45, 7) is 0. The Hall–Kier alpha value is -3.02. The minimum atomic E-state index is 0.0362. The van der Waals surface area contributed by atoms with E-state index in [1.807, 2.05) is 35.2 Å². The van der Waals surface area contributed by atoms with Crippen molar-refractivity contribution < 1.29 is 9.47 Å². The number of aromatic amines is 1. The fourth-order valence-electron chi connectivity index (χ4n) is 4.82. The van der Waals surface area contributed by atoms with Gasteiger partial charge in [-0.25, -0.2) is 4.98 Å². The second-order valence-electron chi connectivity index (χ2n) is 7.83. The van der Waals surface area contributed by atoms with Crippen LogP contribution in [0.2, 0.25) is 0 Å². The van der Waals surface area contributed by atoms with Gasteiger partial charge in [0.2, 0.25) is 0 Å². The van der Waals surface area contributed by atoms with E-state index in [9.17, 15) is 4.79 Å². The summed E-state index contributed by atoms with van der Waals surface area (Å²) < 4.78 is 13.0. The average molecular weight is 391 g/mol. The van der Waals surface area contributed by atoms with E-state index in [1.54, 1.807) is 14.2 Å². The van der Waals surface area contributed by atoms with Crippen LogP contribution in [0.4, 0.5) is 0 Å². The van der Waals surface area contributed by atoms with Gasteiger partial charge in [-0.3, -0.25) is 4.79 Å². The SMILES string of the molecule is COc1cc2c(=O)n(C3CCCCCC3)c3c4cc[nH]c4ncc3c2cc1OC. The van der Waals surface area contributed by atoms with E-state index in [-0.39, 0.29) is 11.6 Å². The molecule has 0 bridgehead atoms. The molecule has 3 heterocycles. The number of rotatable bonds is 3. The van der Waals surface area contributed by atoms with Gasteiger partial charge < -0.3 is 19.0 Å². The summed E-state index contributed by atoms with van der Waals surface area (Å²) in [7, 11) is 3.21. The standard InChI is InChI=1S/C23H25N3O3/c1-28-19-11-16-17(12-20(19)29-2)23(27)26(14-7-5-3-4-6-8-14)21-15-9-10-24-22(15)25-13-18(16)21/h9-14H,3-8H2,1-2H3,(H,24,25). The van der Waals surface area contributed by atoms with Crippen molar-refractivity contribution in [3.05, 3.63) is 40.9 Å². The molecule has 1 aliphatic carbocycles. The number of nitrogens with one attached hydrogen (secondary N) is 1. The first-order valence-corrected chi connectivity index (χ1v) is 10.3. The van der Waals surface area contributed by atoms with Gasteiger partial charge in [0.05, 0.1) is 25.1 Å². The van der Waals surface area contributed by atoms with Crippen LogP contribution in [0.1, 0.15) is 44.6 Å². The molecule has 0 radical (unpaired) electrons. The highest BCUT2D eigenvalue weighted by Gasteiger charge is 2.23. The normalized spacial score (nSPS) is 15.8. The summed E-state index contributed by atoms with van der Waals surface area (Å²) >= 11 is 0. The molecule has 0 amide bonds. The van der Waals surface area contributed by atoms with Gasteiger partial charge in [-0.05, 0) is 31.0 Å². The third-order valence-electron chi connectivity index (χ3n) is 6.25. The van der Waals surface area contributed by atoms with Crippen molar-refractivity contribution in [2.45, 2.75) is 44.6 Å². The quantitative estimate of drug-likeness (QED) is 0.397. The molecule has 4 aromatic rings.